The van der Waals surface area contributed by atoms with Crippen LogP contribution in [-0.2, 0) is 14.3 Å². The molecule has 1 amide bonds. The number of ether oxygens (including phenoxy) is 1. The van der Waals surface area contributed by atoms with Crippen molar-refractivity contribution in [2.24, 2.45) is 5.73 Å². The van der Waals surface area contributed by atoms with Crippen LogP contribution in [0.25, 0.3) is 12.2 Å². The first kappa shape index (κ1) is 21.9. The van der Waals surface area contributed by atoms with Crippen molar-refractivity contribution in [3.8, 4) is 0 Å². The van der Waals surface area contributed by atoms with E-state index in [1.54, 1.807) is 42.5 Å². The minimum atomic E-state index is -1.12. The number of hydrogen-bond acceptors (Lipinski definition) is 5. The van der Waals surface area contributed by atoms with Gasteiger partial charge in [0.25, 0.3) is 5.91 Å². The van der Waals surface area contributed by atoms with Crippen molar-refractivity contribution < 1.29 is 24.2 Å². The lowest BCUT2D eigenvalue weighted by Crippen LogP contribution is -2.20. The zero-order valence-electron chi connectivity index (χ0n) is 16.0. The van der Waals surface area contributed by atoms with Crippen molar-refractivity contribution in [2.75, 3.05) is 17.7 Å². The van der Waals surface area contributed by atoms with Gasteiger partial charge in [-0.1, -0.05) is 12.1 Å². The van der Waals surface area contributed by atoms with Gasteiger partial charge in [-0.25, -0.2) is 9.59 Å². The average Bonchev–Trinajstić information content (AvgIpc) is 2.70. The van der Waals surface area contributed by atoms with Gasteiger partial charge in [-0.05, 0) is 53.6 Å². The highest BCUT2D eigenvalue weighted by molar-refractivity contribution is 6.05. The lowest BCUT2D eigenvalue weighted by atomic mass is 10.0. The van der Waals surface area contributed by atoms with E-state index in [4.69, 9.17) is 16.2 Å². The number of carboxylic acid groups (broad SMARTS) is 1. The maximum Gasteiger partial charge on any atom is 0.330 e. The zero-order valence-corrected chi connectivity index (χ0v) is 16.0. The van der Waals surface area contributed by atoms with Crippen LogP contribution in [0.2, 0.25) is 0 Å². The van der Waals surface area contributed by atoms with Gasteiger partial charge in [-0.3, -0.25) is 10.2 Å². The summed E-state index contributed by atoms with van der Waals surface area (Å²) >= 11 is 0. The summed E-state index contributed by atoms with van der Waals surface area (Å²) in [5.41, 5.74) is 7.59. The first-order chi connectivity index (χ1) is 14.3. The van der Waals surface area contributed by atoms with Gasteiger partial charge >= 0.3 is 11.9 Å². The second kappa shape index (κ2) is 10.2. The molecule has 154 valence electrons. The summed E-state index contributed by atoms with van der Waals surface area (Å²) in [5.74, 6) is -2.35. The van der Waals surface area contributed by atoms with Gasteiger partial charge in [0.15, 0.2) is 5.96 Å². The number of esters is 1. The number of carbonyl (C=O) groups is 3. The smallest absolute Gasteiger partial charge is 0.330 e. The number of nitrogens with one attached hydrogen (secondary N) is 3. The van der Waals surface area contributed by atoms with Crippen LogP contribution < -0.4 is 16.4 Å². The van der Waals surface area contributed by atoms with Crippen LogP contribution in [0.1, 0.15) is 21.5 Å². The fourth-order valence-corrected chi connectivity index (χ4v) is 2.43. The number of anilines is 2. The normalized spacial score (nSPS) is 10.7. The number of carbonyl (C=O) groups excluding carboxylic acids is 2. The predicted octanol–water partition coefficient (Wildman–Crippen LogP) is 2.53. The Kier molecular flexibility index (Phi) is 7.46. The van der Waals surface area contributed by atoms with E-state index in [1.165, 1.54) is 25.3 Å². The molecule has 9 heteroatoms. The molecule has 9 nitrogen and oxygen atoms in total. The van der Waals surface area contributed by atoms with E-state index in [9.17, 15) is 14.4 Å². The molecule has 0 aromatic heterocycles. The van der Waals surface area contributed by atoms with Crippen LogP contribution in [0.4, 0.5) is 11.4 Å². The number of nitrogens with two attached hydrogens (primary N) is 1. The quantitative estimate of drug-likeness (QED) is 0.204. The van der Waals surface area contributed by atoms with Gasteiger partial charge in [0.2, 0.25) is 0 Å². The van der Waals surface area contributed by atoms with E-state index in [0.717, 1.165) is 6.08 Å². The molecule has 2 aromatic carbocycles. The molecule has 0 radical (unpaired) electrons. The molecule has 2 aromatic rings. The largest absolute Gasteiger partial charge is 0.478 e. The van der Waals surface area contributed by atoms with Crippen LogP contribution in [0.15, 0.2) is 54.6 Å². The lowest BCUT2D eigenvalue weighted by Gasteiger charge is -2.10. The molecule has 0 heterocycles. The van der Waals surface area contributed by atoms with E-state index in [2.05, 4.69) is 15.4 Å². The monoisotopic (exact) mass is 408 g/mol. The molecule has 0 spiro atoms. The Morgan fingerprint density at radius 3 is 2.37 bits per heavy atom. The molecule has 0 bridgehead atoms. The summed E-state index contributed by atoms with van der Waals surface area (Å²) in [6, 6.07) is 11.3. The summed E-state index contributed by atoms with van der Waals surface area (Å²) in [4.78, 5) is 34.8. The molecular formula is C21H20N4O5. The number of rotatable bonds is 7. The van der Waals surface area contributed by atoms with E-state index in [-0.39, 0.29) is 5.96 Å². The van der Waals surface area contributed by atoms with Gasteiger partial charge in [0, 0.05) is 29.1 Å². The Morgan fingerprint density at radius 2 is 1.70 bits per heavy atom. The Labute approximate surface area is 172 Å². The van der Waals surface area contributed by atoms with Gasteiger partial charge in [0.05, 0.1) is 7.11 Å². The third kappa shape index (κ3) is 6.64. The van der Waals surface area contributed by atoms with Crippen LogP contribution >= 0.6 is 0 Å². The molecule has 0 atom stereocenters. The first-order valence-electron chi connectivity index (χ1n) is 8.62. The fraction of sp³-hybridized carbons (Fsp3) is 0.0476. The number of hydrogen-bond donors (Lipinski definition) is 5. The molecule has 0 unspecified atom stereocenters. The van der Waals surface area contributed by atoms with Crippen molar-refractivity contribution in [3.05, 3.63) is 71.3 Å². The molecule has 0 fully saturated rings. The van der Waals surface area contributed by atoms with Gasteiger partial charge in [0.1, 0.15) is 0 Å². The molecule has 6 N–H and O–H groups in total. The van der Waals surface area contributed by atoms with Crippen molar-refractivity contribution in [3.63, 3.8) is 0 Å². The maximum atomic E-state index is 12.6. The molecule has 0 saturated carbocycles. The Hall–Kier alpha value is -4.40. The third-order valence-corrected chi connectivity index (χ3v) is 3.75. The van der Waals surface area contributed by atoms with Gasteiger partial charge in [-0.2, -0.15) is 0 Å². The molecule has 0 aliphatic rings. The Bertz CT molecular complexity index is 1040. The molecule has 0 aliphatic carbocycles. The van der Waals surface area contributed by atoms with Crippen molar-refractivity contribution in [2.45, 2.75) is 0 Å². The minimum absolute atomic E-state index is 0.250. The highest BCUT2D eigenvalue weighted by Gasteiger charge is 2.09. The van der Waals surface area contributed by atoms with Crippen molar-refractivity contribution >= 4 is 47.3 Å². The Morgan fingerprint density at radius 1 is 1.00 bits per heavy atom. The zero-order chi connectivity index (χ0) is 22.1. The SMILES string of the molecule is COC(=O)C=Cc1cc(NC(=O)c2cccc(NC(=N)N)c2)ccc1C=CC(=O)O. The predicted molar refractivity (Wildman–Crippen MR) is 114 cm³/mol. The third-order valence-electron chi connectivity index (χ3n) is 3.75. The maximum absolute atomic E-state index is 12.6. The minimum Gasteiger partial charge on any atom is -0.478 e. The second-order valence-corrected chi connectivity index (χ2v) is 5.95. The highest BCUT2D eigenvalue weighted by Crippen LogP contribution is 2.20. The highest BCUT2D eigenvalue weighted by atomic mass is 16.5. The number of benzene rings is 2. The molecule has 2 rings (SSSR count). The van der Waals surface area contributed by atoms with E-state index in [1.807, 2.05) is 0 Å². The van der Waals surface area contributed by atoms with Crippen LogP contribution in [-0.4, -0.2) is 36.0 Å². The number of aliphatic carboxylic acids is 1. The standard InChI is InChI=1S/C21H20N4O5/c1-30-19(28)10-7-14-11-17(8-5-13(14)6-9-18(26)27)24-20(29)15-3-2-4-16(12-15)25-21(22)23/h2-12H,1H3,(H,24,29)(H,26,27)(H4,22,23,25). The van der Waals surface area contributed by atoms with E-state index >= 15 is 0 Å². The Balaban J connectivity index is 2.29. The van der Waals surface area contributed by atoms with E-state index in [0.29, 0.717) is 28.1 Å². The van der Waals surface area contributed by atoms with Crippen molar-refractivity contribution in [1.29, 1.82) is 5.41 Å². The summed E-state index contributed by atoms with van der Waals surface area (Å²) in [5, 5.41) is 21.4. The summed E-state index contributed by atoms with van der Waals surface area (Å²) in [6.07, 6.45) is 4.99. The topological polar surface area (TPSA) is 155 Å². The number of guanidine groups is 1. The molecule has 30 heavy (non-hydrogen) atoms. The number of amides is 1. The van der Waals surface area contributed by atoms with Crippen molar-refractivity contribution in [1.82, 2.24) is 0 Å². The summed E-state index contributed by atoms with van der Waals surface area (Å²) < 4.78 is 4.56. The first-order valence-corrected chi connectivity index (χ1v) is 8.62. The molecule has 0 saturated heterocycles. The average molecular weight is 408 g/mol. The summed E-state index contributed by atoms with van der Waals surface area (Å²) in [6.45, 7) is 0. The van der Waals surface area contributed by atoms with Gasteiger partial charge < -0.3 is 26.2 Å². The number of methoxy groups -OCH3 is 1. The molecule has 0 aliphatic heterocycles. The lowest BCUT2D eigenvalue weighted by molar-refractivity contribution is -0.135. The number of carboxylic acids is 1. The van der Waals surface area contributed by atoms with Crippen LogP contribution in [0.3, 0.4) is 0 Å². The second-order valence-electron chi connectivity index (χ2n) is 5.95. The van der Waals surface area contributed by atoms with Crippen LogP contribution in [0.5, 0.6) is 0 Å². The molecular weight excluding hydrogens is 388 g/mol. The van der Waals surface area contributed by atoms with Gasteiger partial charge in [-0.15, -0.1) is 0 Å². The van der Waals surface area contributed by atoms with E-state index < -0.39 is 17.8 Å². The summed E-state index contributed by atoms with van der Waals surface area (Å²) in [7, 11) is 1.24. The fourth-order valence-electron chi connectivity index (χ4n) is 2.43. The van der Waals surface area contributed by atoms with Crippen LogP contribution in [0, 0.1) is 5.41 Å².